The Morgan fingerprint density at radius 3 is 2.70 bits per heavy atom. The summed E-state index contributed by atoms with van der Waals surface area (Å²) in [6.45, 7) is 9.45. The number of halogens is 2. The average molecular weight is 508 g/mol. The fourth-order valence-corrected chi connectivity index (χ4v) is 2.70. The van der Waals surface area contributed by atoms with E-state index in [1.165, 1.54) is 0 Å². The molecule has 2 aromatic rings. The van der Waals surface area contributed by atoms with Crippen LogP contribution in [0.5, 0.6) is 0 Å². The van der Waals surface area contributed by atoms with E-state index in [-0.39, 0.29) is 42.7 Å². The highest BCUT2D eigenvalue weighted by Gasteiger charge is 2.14. The molecule has 2 N–H and O–H groups in total. The standard InChI is InChI=1S/C18H26ClN5O2.HI/c1-5-20-18(22-12(3)14-9-7-8-10-15(14)19)21-11-16-23-17(24-26-16)13(4)25-6-2;/h7-10,12-13H,5-6,11H2,1-4H3,(H2,20,21,22);1H. The van der Waals surface area contributed by atoms with E-state index in [0.29, 0.717) is 24.3 Å². The van der Waals surface area contributed by atoms with Crippen molar-refractivity contribution in [3.63, 3.8) is 0 Å². The van der Waals surface area contributed by atoms with Crippen molar-refractivity contribution < 1.29 is 9.26 Å². The monoisotopic (exact) mass is 507 g/mol. The number of hydrogen-bond acceptors (Lipinski definition) is 5. The molecule has 0 aliphatic rings. The topological polar surface area (TPSA) is 84.6 Å². The van der Waals surface area contributed by atoms with Gasteiger partial charge in [0.25, 0.3) is 0 Å². The zero-order valence-corrected chi connectivity index (χ0v) is 19.1. The van der Waals surface area contributed by atoms with Gasteiger partial charge in [-0.1, -0.05) is 35.0 Å². The van der Waals surface area contributed by atoms with Gasteiger partial charge in [-0.25, -0.2) is 4.99 Å². The summed E-state index contributed by atoms with van der Waals surface area (Å²) in [6.07, 6.45) is -0.201. The number of aliphatic imine (C=N–C) groups is 1. The highest BCUT2D eigenvalue weighted by molar-refractivity contribution is 14.0. The first-order valence-corrected chi connectivity index (χ1v) is 9.16. The van der Waals surface area contributed by atoms with Crippen molar-refractivity contribution in [2.75, 3.05) is 13.2 Å². The van der Waals surface area contributed by atoms with Crippen LogP contribution in [-0.2, 0) is 11.3 Å². The minimum atomic E-state index is -0.201. The SMILES string of the molecule is CCNC(=NCc1nc(C(C)OCC)no1)NC(C)c1ccccc1Cl.I. The molecule has 7 nitrogen and oxygen atoms in total. The predicted molar refractivity (Wildman–Crippen MR) is 118 cm³/mol. The van der Waals surface area contributed by atoms with Crippen molar-refractivity contribution in [1.82, 2.24) is 20.8 Å². The molecule has 2 rings (SSSR count). The molecule has 0 radical (unpaired) electrons. The lowest BCUT2D eigenvalue weighted by Gasteiger charge is -2.18. The van der Waals surface area contributed by atoms with Crippen molar-refractivity contribution in [3.8, 4) is 0 Å². The van der Waals surface area contributed by atoms with Gasteiger partial charge < -0.3 is 19.9 Å². The number of ether oxygens (including phenoxy) is 1. The Labute approximate surface area is 182 Å². The maximum absolute atomic E-state index is 6.27. The first kappa shape index (κ1) is 23.6. The number of hydrogen-bond donors (Lipinski definition) is 2. The molecule has 1 aromatic carbocycles. The van der Waals surface area contributed by atoms with Crippen LogP contribution < -0.4 is 10.6 Å². The molecule has 0 amide bonds. The van der Waals surface area contributed by atoms with E-state index in [1.807, 2.05) is 52.0 Å². The van der Waals surface area contributed by atoms with Gasteiger partial charge in [-0.15, -0.1) is 24.0 Å². The molecule has 0 spiro atoms. The maximum Gasteiger partial charge on any atom is 0.248 e. The molecule has 27 heavy (non-hydrogen) atoms. The Kier molecular flexibility index (Phi) is 10.6. The van der Waals surface area contributed by atoms with E-state index in [0.717, 1.165) is 17.1 Å². The summed E-state index contributed by atoms with van der Waals surface area (Å²) < 4.78 is 10.7. The van der Waals surface area contributed by atoms with Gasteiger partial charge in [0, 0.05) is 18.2 Å². The van der Waals surface area contributed by atoms with Crippen molar-refractivity contribution in [2.24, 2.45) is 4.99 Å². The van der Waals surface area contributed by atoms with E-state index >= 15 is 0 Å². The molecule has 0 bridgehead atoms. The summed E-state index contributed by atoms with van der Waals surface area (Å²) in [5.41, 5.74) is 1.00. The van der Waals surface area contributed by atoms with Crippen LogP contribution in [0, 0.1) is 0 Å². The summed E-state index contributed by atoms with van der Waals surface area (Å²) >= 11 is 6.27. The molecule has 0 fully saturated rings. The van der Waals surface area contributed by atoms with E-state index in [1.54, 1.807) is 0 Å². The van der Waals surface area contributed by atoms with Gasteiger partial charge in [0.2, 0.25) is 5.89 Å². The average Bonchev–Trinajstić information content (AvgIpc) is 3.09. The Bertz CT molecular complexity index is 725. The van der Waals surface area contributed by atoms with Gasteiger partial charge in [-0.2, -0.15) is 4.98 Å². The van der Waals surface area contributed by atoms with Gasteiger partial charge in [0.05, 0.1) is 6.04 Å². The molecule has 150 valence electrons. The lowest BCUT2D eigenvalue weighted by molar-refractivity contribution is 0.0683. The Balaban J connectivity index is 0.00000364. The van der Waals surface area contributed by atoms with Crippen LogP contribution in [0.2, 0.25) is 5.02 Å². The molecular weight excluding hydrogens is 481 g/mol. The van der Waals surface area contributed by atoms with Crippen LogP contribution in [0.4, 0.5) is 0 Å². The zero-order chi connectivity index (χ0) is 18.9. The normalized spacial score (nSPS) is 13.6. The van der Waals surface area contributed by atoms with Gasteiger partial charge in [-0.05, 0) is 39.3 Å². The van der Waals surface area contributed by atoms with Crippen LogP contribution in [0.25, 0.3) is 0 Å². The zero-order valence-electron chi connectivity index (χ0n) is 16.0. The lowest BCUT2D eigenvalue weighted by Crippen LogP contribution is -2.38. The first-order chi connectivity index (χ1) is 12.5. The van der Waals surface area contributed by atoms with Crippen molar-refractivity contribution in [3.05, 3.63) is 46.6 Å². The summed E-state index contributed by atoms with van der Waals surface area (Å²) in [7, 11) is 0. The van der Waals surface area contributed by atoms with Crippen LogP contribution >= 0.6 is 35.6 Å². The van der Waals surface area contributed by atoms with Crippen molar-refractivity contribution in [2.45, 2.75) is 46.4 Å². The summed E-state index contributed by atoms with van der Waals surface area (Å²) in [4.78, 5) is 8.84. The van der Waals surface area contributed by atoms with Crippen LogP contribution in [0.1, 0.15) is 57.1 Å². The second-order valence-corrected chi connectivity index (χ2v) is 6.13. The fraction of sp³-hybridized carbons (Fsp3) is 0.500. The maximum atomic E-state index is 6.27. The third-order valence-electron chi connectivity index (χ3n) is 3.71. The quantitative estimate of drug-likeness (QED) is 0.316. The number of nitrogens with zero attached hydrogens (tertiary/aromatic N) is 3. The highest BCUT2D eigenvalue weighted by Crippen LogP contribution is 2.22. The van der Waals surface area contributed by atoms with Gasteiger partial charge >= 0.3 is 0 Å². The third-order valence-corrected chi connectivity index (χ3v) is 4.05. The first-order valence-electron chi connectivity index (χ1n) is 8.78. The molecule has 2 atom stereocenters. The second kappa shape index (κ2) is 12.1. The van der Waals surface area contributed by atoms with Crippen molar-refractivity contribution >= 4 is 41.5 Å². The molecule has 0 aliphatic heterocycles. The van der Waals surface area contributed by atoms with E-state index < -0.39 is 0 Å². The number of aromatic nitrogens is 2. The minimum Gasteiger partial charge on any atom is -0.371 e. The molecule has 1 heterocycles. The predicted octanol–water partition coefficient (Wildman–Crippen LogP) is 4.25. The minimum absolute atomic E-state index is 0. The number of guanidine groups is 1. The molecule has 1 aromatic heterocycles. The highest BCUT2D eigenvalue weighted by atomic mass is 127. The van der Waals surface area contributed by atoms with Gasteiger partial charge in [0.15, 0.2) is 11.8 Å². The summed E-state index contributed by atoms with van der Waals surface area (Å²) in [5.74, 6) is 1.62. The van der Waals surface area contributed by atoms with Crippen LogP contribution in [-0.4, -0.2) is 29.3 Å². The third kappa shape index (κ3) is 7.27. The molecule has 0 aliphatic carbocycles. The summed E-state index contributed by atoms with van der Waals surface area (Å²) in [6, 6.07) is 7.73. The lowest BCUT2D eigenvalue weighted by atomic mass is 10.1. The number of benzene rings is 1. The van der Waals surface area contributed by atoms with Gasteiger partial charge in [0.1, 0.15) is 12.6 Å². The van der Waals surface area contributed by atoms with Gasteiger partial charge in [-0.3, -0.25) is 0 Å². The Hall–Kier alpha value is -1.39. The van der Waals surface area contributed by atoms with E-state index in [4.69, 9.17) is 20.9 Å². The van der Waals surface area contributed by atoms with Crippen molar-refractivity contribution in [1.29, 1.82) is 0 Å². The Morgan fingerprint density at radius 1 is 1.30 bits per heavy atom. The van der Waals surface area contributed by atoms with Crippen LogP contribution in [0.3, 0.4) is 0 Å². The van der Waals surface area contributed by atoms with E-state index in [2.05, 4.69) is 25.8 Å². The molecular formula is C18H27ClIN5O2. The van der Waals surface area contributed by atoms with Crippen LogP contribution in [0.15, 0.2) is 33.8 Å². The number of rotatable bonds is 8. The Morgan fingerprint density at radius 2 is 2.04 bits per heavy atom. The number of nitrogens with one attached hydrogen (secondary N) is 2. The molecule has 0 saturated carbocycles. The smallest absolute Gasteiger partial charge is 0.248 e. The fourth-order valence-electron chi connectivity index (χ4n) is 2.40. The second-order valence-electron chi connectivity index (χ2n) is 5.73. The largest absolute Gasteiger partial charge is 0.371 e. The summed E-state index contributed by atoms with van der Waals surface area (Å²) in [5, 5.41) is 11.2. The molecule has 0 saturated heterocycles. The molecule has 2 unspecified atom stereocenters. The van der Waals surface area contributed by atoms with E-state index in [9.17, 15) is 0 Å². The molecule has 9 heteroatoms.